The molecule has 0 radical (unpaired) electrons. The van der Waals surface area contributed by atoms with Crippen LogP contribution in [0.1, 0.15) is 17.2 Å². The first-order valence-electron chi connectivity index (χ1n) is 7.72. The van der Waals surface area contributed by atoms with E-state index in [0.29, 0.717) is 30.9 Å². The quantitative estimate of drug-likeness (QED) is 0.902. The monoisotopic (exact) mass is 330 g/mol. The average molecular weight is 330 g/mol. The number of phenolic OH excluding ortho intramolecular Hbond substituents is 1. The minimum atomic E-state index is -0.681. The lowest BCUT2D eigenvalue weighted by Gasteiger charge is -2.35. The number of aromatic hydroxyl groups is 1. The molecule has 24 heavy (non-hydrogen) atoms. The Morgan fingerprint density at radius 2 is 2.12 bits per heavy atom. The van der Waals surface area contributed by atoms with Crippen LogP contribution in [-0.4, -0.2) is 36.1 Å². The minimum absolute atomic E-state index is 0.0586. The minimum Gasteiger partial charge on any atom is -0.504 e. The SMILES string of the molecule is COc1cc(CN2CCNC(=O)[C@H]2c2ccccc2F)ccc1O. The third-order valence-electron chi connectivity index (χ3n) is 4.14. The lowest BCUT2D eigenvalue weighted by molar-refractivity contribution is -0.129. The molecule has 0 bridgehead atoms. The van der Waals surface area contributed by atoms with Crippen molar-refractivity contribution >= 4 is 5.91 Å². The lowest BCUT2D eigenvalue weighted by Crippen LogP contribution is -2.49. The van der Waals surface area contributed by atoms with E-state index in [1.807, 2.05) is 4.90 Å². The Bertz CT molecular complexity index is 751. The van der Waals surface area contributed by atoms with Gasteiger partial charge in [0.25, 0.3) is 0 Å². The number of amides is 1. The van der Waals surface area contributed by atoms with Crippen LogP contribution in [-0.2, 0) is 11.3 Å². The highest BCUT2D eigenvalue weighted by atomic mass is 19.1. The van der Waals surface area contributed by atoms with Gasteiger partial charge in [-0.15, -0.1) is 0 Å². The summed E-state index contributed by atoms with van der Waals surface area (Å²) in [6, 6.07) is 10.7. The number of methoxy groups -OCH3 is 1. The van der Waals surface area contributed by atoms with Crippen molar-refractivity contribution in [1.82, 2.24) is 10.2 Å². The normalized spacial score (nSPS) is 18.2. The van der Waals surface area contributed by atoms with Gasteiger partial charge in [-0.1, -0.05) is 24.3 Å². The summed E-state index contributed by atoms with van der Waals surface area (Å²) < 4.78 is 19.3. The van der Waals surface area contributed by atoms with Gasteiger partial charge in [0.05, 0.1) is 7.11 Å². The van der Waals surface area contributed by atoms with Gasteiger partial charge in [-0.25, -0.2) is 4.39 Å². The third-order valence-corrected chi connectivity index (χ3v) is 4.14. The van der Waals surface area contributed by atoms with Crippen LogP contribution in [0.2, 0.25) is 0 Å². The maximum atomic E-state index is 14.2. The van der Waals surface area contributed by atoms with E-state index >= 15 is 0 Å². The van der Waals surface area contributed by atoms with E-state index in [-0.39, 0.29) is 11.7 Å². The smallest absolute Gasteiger partial charge is 0.242 e. The first-order chi connectivity index (χ1) is 11.6. The summed E-state index contributed by atoms with van der Waals surface area (Å²) in [7, 11) is 1.48. The number of carbonyl (C=O) groups excluding carboxylic acids is 1. The van der Waals surface area contributed by atoms with Crippen LogP contribution < -0.4 is 10.1 Å². The van der Waals surface area contributed by atoms with Gasteiger partial charge in [0, 0.05) is 25.2 Å². The molecule has 3 rings (SSSR count). The fourth-order valence-electron chi connectivity index (χ4n) is 2.97. The van der Waals surface area contributed by atoms with Gasteiger partial charge in [-0.05, 0) is 23.8 Å². The zero-order chi connectivity index (χ0) is 17.1. The van der Waals surface area contributed by atoms with Gasteiger partial charge >= 0.3 is 0 Å². The molecule has 126 valence electrons. The molecule has 2 aromatic carbocycles. The van der Waals surface area contributed by atoms with Crippen LogP contribution in [0.4, 0.5) is 4.39 Å². The first-order valence-corrected chi connectivity index (χ1v) is 7.72. The van der Waals surface area contributed by atoms with Crippen molar-refractivity contribution in [2.24, 2.45) is 0 Å². The van der Waals surface area contributed by atoms with Gasteiger partial charge in [-0.2, -0.15) is 0 Å². The number of piperazine rings is 1. The Hall–Kier alpha value is -2.60. The number of benzene rings is 2. The largest absolute Gasteiger partial charge is 0.504 e. The van der Waals surface area contributed by atoms with Gasteiger partial charge in [0.2, 0.25) is 5.91 Å². The lowest BCUT2D eigenvalue weighted by atomic mass is 10.0. The summed E-state index contributed by atoms with van der Waals surface area (Å²) in [5.41, 5.74) is 1.24. The molecule has 1 fully saturated rings. The molecule has 6 heteroatoms. The maximum absolute atomic E-state index is 14.2. The van der Waals surface area contributed by atoms with Crippen molar-refractivity contribution in [3.05, 3.63) is 59.4 Å². The topological polar surface area (TPSA) is 61.8 Å². The van der Waals surface area contributed by atoms with E-state index in [9.17, 15) is 14.3 Å². The number of phenols is 1. The molecule has 0 spiro atoms. The maximum Gasteiger partial charge on any atom is 0.242 e. The molecule has 2 N–H and O–H groups in total. The van der Waals surface area contributed by atoms with Crippen molar-refractivity contribution < 1.29 is 19.0 Å². The van der Waals surface area contributed by atoms with Crippen molar-refractivity contribution in [1.29, 1.82) is 0 Å². The van der Waals surface area contributed by atoms with E-state index in [0.717, 1.165) is 5.56 Å². The number of nitrogens with zero attached hydrogens (tertiary/aromatic N) is 1. The Morgan fingerprint density at radius 3 is 2.88 bits per heavy atom. The predicted octanol–water partition coefficient (Wildman–Crippen LogP) is 2.21. The molecule has 0 saturated carbocycles. The molecule has 0 aromatic heterocycles. The van der Waals surface area contributed by atoms with Crippen LogP contribution in [0.25, 0.3) is 0 Å². The fourth-order valence-corrected chi connectivity index (χ4v) is 2.97. The molecule has 5 nitrogen and oxygen atoms in total. The van der Waals surface area contributed by atoms with Crippen molar-refractivity contribution in [3.63, 3.8) is 0 Å². The molecule has 1 amide bonds. The standard InChI is InChI=1S/C18H19FN2O3/c1-24-16-10-12(6-7-15(16)22)11-21-9-8-20-18(23)17(21)13-4-2-3-5-14(13)19/h2-7,10,17,22H,8-9,11H2,1H3,(H,20,23)/t17-/m1/s1. The Labute approximate surface area is 139 Å². The van der Waals surface area contributed by atoms with Gasteiger partial charge in [0.15, 0.2) is 11.5 Å². The van der Waals surface area contributed by atoms with E-state index in [4.69, 9.17) is 4.74 Å². The summed E-state index contributed by atoms with van der Waals surface area (Å²) in [6.07, 6.45) is 0. The highest BCUT2D eigenvalue weighted by molar-refractivity contribution is 5.84. The van der Waals surface area contributed by atoms with Gasteiger partial charge < -0.3 is 15.2 Å². The van der Waals surface area contributed by atoms with Crippen molar-refractivity contribution in [2.45, 2.75) is 12.6 Å². The molecule has 2 aromatic rings. The second-order valence-electron chi connectivity index (χ2n) is 5.69. The summed E-state index contributed by atoms with van der Waals surface area (Å²) in [4.78, 5) is 14.3. The van der Waals surface area contributed by atoms with Crippen molar-refractivity contribution in [2.75, 3.05) is 20.2 Å². The highest BCUT2D eigenvalue weighted by Crippen LogP contribution is 2.30. The molecular formula is C18H19FN2O3. The van der Waals surface area contributed by atoms with E-state index in [2.05, 4.69) is 5.32 Å². The summed E-state index contributed by atoms with van der Waals surface area (Å²) in [6.45, 7) is 1.57. The van der Waals surface area contributed by atoms with E-state index in [1.165, 1.54) is 13.2 Å². The number of halogens is 1. The van der Waals surface area contributed by atoms with Crippen LogP contribution in [0.15, 0.2) is 42.5 Å². The number of hydrogen-bond donors (Lipinski definition) is 2. The number of nitrogens with one attached hydrogen (secondary N) is 1. The zero-order valence-corrected chi connectivity index (χ0v) is 13.3. The number of carbonyl (C=O) groups is 1. The van der Waals surface area contributed by atoms with Crippen LogP contribution in [0.3, 0.4) is 0 Å². The van der Waals surface area contributed by atoms with Crippen molar-refractivity contribution in [3.8, 4) is 11.5 Å². The Morgan fingerprint density at radius 1 is 1.33 bits per heavy atom. The molecule has 1 atom stereocenters. The second-order valence-corrected chi connectivity index (χ2v) is 5.69. The van der Waals surface area contributed by atoms with Crippen LogP contribution in [0.5, 0.6) is 11.5 Å². The average Bonchev–Trinajstić information content (AvgIpc) is 2.58. The molecule has 1 aliphatic rings. The van der Waals surface area contributed by atoms with Gasteiger partial charge in [0.1, 0.15) is 11.9 Å². The van der Waals surface area contributed by atoms with Gasteiger partial charge in [-0.3, -0.25) is 9.69 Å². The molecule has 0 aliphatic carbocycles. The van der Waals surface area contributed by atoms with Crippen LogP contribution in [0, 0.1) is 5.82 Å². The van der Waals surface area contributed by atoms with Crippen LogP contribution >= 0.6 is 0 Å². The zero-order valence-electron chi connectivity index (χ0n) is 13.3. The number of hydrogen-bond acceptors (Lipinski definition) is 4. The molecular weight excluding hydrogens is 311 g/mol. The Balaban J connectivity index is 1.90. The molecule has 1 heterocycles. The molecule has 0 unspecified atom stereocenters. The first kappa shape index (κ1) is 16.3. The summed E-state index contributed by atoms with van der Waals surface area (Å²) >= 11 is 0. The predicted molar refractivity (Wildman–Crippen MR) is 87.2 cm³/mol. The van der Waals surface area contributed by atoms with E-state index < -0.39 is 11.9 Å². The third kappa shape index (κ3) is 3.19. The number of rotatable bonds is 4. The number of ether oxygens (including phenoxy) is 1. The fraction of sp³-hybridized carbons (Fsp3) is 0.278. The summed E-state index contributed by atoms with van der Waals surface area (Å²) in [5.74, 6) is -0.176. The summed E-state index contributed by atoms with van der Waals surface area (Å²) in [5, 5.41) is 12.5. The highest BCUT2D eigenvalue weighted by Gasteiger charge is 2.32. The second kappa shape index (κ2) is 6.88. The Kier molecular flexibility index (Phi) is 4.66. The van der Waals surface area contributed by atoms with E-state index in [1.54, 1.807) is 36.4 Å². The molecule has 1 saturated heterocycles. The molecule has 1 aliphatic heterocycles.